The van der Waals surface area contributed by atoms with Gasteiger partial charge < -0.3 is 10.6 Å². The molecule has 182 valence electrons. The molecule has 2 aromatic carbocycles. The van der Waals surface area contributed by atoms with Crippen LogP contribution in [0.15, 0.2) is 42.5 Å². The molecule has 6 nitrogen and oxygen atoms in total. The zero-order valence-electron chi connectivity index (χ0n) is 17.9. The van der Waals surface area contributed by atoms with Crippen LogP contribution in [0.25, 0.3) is 0 Å². The summed E-state index contributed by atoms with van der Waals surface area (Å²) in [6.07, 6.45) is -10.1. The normalized spacial score (nSPS) is 18.8. The van der Waals surface area contributed by atoms with E-state index in [9.17, 15) is 40.7 Å². The second-order valence-corrected chi connectivity index (χ2v) is 7.79. The Morgan fingerprint density at radius 2 is 1.50 bits per heavy atom. The SMILES string of the molecule is CCC1(c2ccc(C)cc2)NC(=O)N(CC(=O)Nc2cc(C(F)(F)F)cc(C(F)(F)F)c2)C1=O. The molecule has 1 saturated heterocycles. The van der Waals surface area contributed by atoms with E-state index < -0.39 is 59.1 Å². The molecular formula is C22H19F6N3O3. The highest BCUT2D eigenvalue weighted by Crippen LogP contribution is 2.38. The molecule has 2 aromatic rings. The van der Waals surface area contributed by atoms with Crippen LogP contribution in [-0.2, 0) is 27.5 Å². The lowest BCUT2D eigenvalue weighted by molar-refractivity contribution is -0.143. The number of nitrogens with one attached hydrogen (secondary N) is 2. The third kappa shape index (κ3) is 4.85. The molecule has 0 aliphatic carbocycles. The molecule has 1 aliphatic heterocycles. The number of rotatable bonds is 5. The molecular weight excluding hydrogens is 468 g/mol. The minimum absolute atomic E-state index is 0.0791. The standard InChI is InChI=1S/C22H19F6N3O3/c1-3-20(13-6-4-12(2)5-7-13)18(33)31(19(34)30-20)11-17(32)29-16-9-14(21(23,24)25)8-15(10-16)22(26,27)28/h4-10H,3,11H2,1-2H3,(H,29,32)(H,30,34). The third-order valence-corrected chi connectivity index (χ3v) is 5.42. The summed E-state index contributed by atoms with van der Waals surface area (Å²) in [5.41, 5.74) is -4.09. The number of nitrogens with zero attached hydrogens (tertiary/aromatic N) is 1. The van der Waals surface area contributed by atoms with Crippen LogP contribution in [0.4, 0.5) is 36.8 Å². The van der Waals surface area contributed by atoms with E-state index in [2.05, 4.69) is 5.32 Å². The zero-order valence-corrected chi connectivity index (χ0v) is 17.9. The number of carbonyl (C=O) groups excluding carboxylic acids is 3. The third-order valence-electron chi connectivity index (χ3n) is 5.42. The Hall–Kier alpha value is -3.57. The molecule has 4 amide bonds. The van der Waals surface area contributed by atoms with Gasteiger partial charge in [0.05, 0.1) is 11.1 Å². The van der Waals surface area contributed by atoms with E-state index >= 15 is 0 Å². The monoisotopic (exact) mass is 487 g/mol. The number of amides is 4. The van der Waals surface area contributed by atoms with Gasteiger partial charge in [0.1, 0.15) is 12.1 Å². The fourth-order valence-electron chi connectivity index (χ4n) is 3.62. The molecule has 12 heteroatoms. The number of aryl methyl sites for hydroxylation is 1. The number of anilines is 1. The Bertz CT molecular complexity index is 1100. The Balaban J connectivity index is 1.84. The molecule has 3 rings (SSSR count). The Morgan fingerprint density at radius 3 is 1.97 bits per heavy atom. The van der Waals surface area contributed by atoms with Gasteiger partial charge in [-0.3, -0.25) is 14.5 Å². The van der Waals surface area contributed by atoms with Crippen molar-refractivity contribution in [2.75, 3.05) is 11.9 Å². The van der Waals surface area contributed by atoms with Crippen LogP contribution in [0.5, 0.6) is 0 Å². The number of hydrogen-bond acceptors (Lipinski definition) is 3. The molecule has 1 aliphatic rings. The molecule has 0 bridgehead atoms. The number of alkyl halides is 6. The van der Waals surface area contributed by atoms with Crippen LogP contribution in [0.3, 0.4) is 0 Å². The van der Waals surface area contributed by atoms with E-state index in [4.69, 9.17) is 0 Å². The number of halogens is 6. The number of carbonyl (C=O) groups is 3. The number of benzene rings is 2. The summed E-state index contributed by atoms with van der Waals surface area (Å²) in [5.74, 6) is -1.91. The minimum atomic E-state index is -5.10. The first-order valence-corrected chi connectivity index (χ1v) is 9.98. The highest BCUT2D eigenvalue weighted by Gasteiger charge is 2.51. The predicted octanol–water partition coefficient (Wildman–Crippen LogP) is 4.83. The molecule has 2 N–H and O–H groups in total. The largest absolute Gasteiger partial charge is 0.416 e. The van der Waals surface area contributed by atoms with E-state index in [1.807, 2.05) is 12.2 Å². The smallest absolute Gasteiger partial charge is 0.325 e. The van der Waals surface area contributed by atoms with E-state index in [1.165, 1.54) is 0 Å². The predicted molar refractivity (Wildman–Crippen MR) is 108 cm³/mol. The molecule has 1 atom stereocenters. The summed E-state index contributed by atoms with van der Waals surface area (Å²) in [5, 5.41) is 4.45. The minimum Gasteiger partial charge on any atom is -0.325 e. The Kier molecular flexibility index (Phi) is 6.38. The van der Waals surface area contributed by atoms with E-state index in [0.717, 1.165) is 5.56 Å². The van der Waals surface area contributed by atoms with Crippen molar-refractivity contribution in [3.63, 3.8) is 0 Å². The van der Waals surface area contributed by atoms with Crippen molar-refractivity contribution in [1.29, 1.82) is 0 Å². The quantitative estimate of drug-likeness (QED) is 0.469. The van der Waals surface area contributed by atoms with Gasteiger partial charge in [0, 0.05) is 5.69 Å². The maximum absolute atomic E-state index is 13.1. The lowest BCUT2D eigenvalue weighted by Crippen LogP contribution is -2.44. The van der Waals surface area contributed by atoms with Gasteiger partial charge in [-0.1, -0.05) is 36.8 Å². The van der Waals surface area contributed by atoms with Crippen LogP contribution >= 0.6 is 0 Å². The van der Waals surface area contributed by atoms with Crippen molar-refractivity contribution in [3.8, 4) is 0 Å². The van der Waals surface area contributed by atoms with Crippen molar-refractivity contribution in [2.45, 2.75) is 38.2 Å². The highest BCUT2D eigenvalue weighted by atomic mass is 19.4. The van der Waals surface area contributed by atoms with Gasteiger partial charge in [0.25, 0.3) is 5.91 Å². The van der Waals surface area contributed by atoms with Crippen molar-refractivity contribution in [1.82, 2.24) is 10.2 Å². The first-order chi connectivity index (χ1) is 15.7. The molecule has 34 heavy (non-hydrogen) atoms. The molecule has 0 spiro atoms. The maximum atomic E-state index is 13.1. The highest BCUT2D eigenvalue weighted by molar-refractivity contribution is 6.10. The van der Waals surface area contributed by atoms with Crippen molar-refractivity contribution < 1.29 is 40.7 Å². The molecule has 0 radical (unpaired) electrons. The summed E-state index contributed by atoms with van der Waals surface area (Å²) in [6, 6.07) is 6.42. The van der Waals surface area contributed by atoms with Gasteiger partial charge >= 0.3 is 18.4 Å². The molecule has 1 fully saturated rings. The van der Waals surface area contributed by atoms with Gasteiger partial charge in [-0.2, -0.15) is 26.3 Å². The van der Waals surface area contributed by atoms with Crippen molar-refractivity contribution in [3.05, 3.63) is 64.7 Å². The fraction of sp³-hybridized carbons (Fsp3) is 0.318. The van der Waals surface area contributed by atoms with Crippen LogP contribution < -0.4 is 10.6 Å². The van der Waals surface area contributed by atoms with Crippen LogP contribution in [0, 0.1) is 6.92 Å². The number of imide groups is 1. The van der Waals surface area contributed by atoms with Crippen LogP contribution in [0.1, 0.15) is 35.6 Å². The second-order valence-electron chi connectivity index (χ2n) is 7.79. The molecule has 0 aromatic heterocycles. The van der Waals surface area contributed by atoms with Gasteiger partial charge in [0.2, 0.25) is 5.91 Å². The Labute approximate surface area is 189 Å². The average Bonchev–Trinajstić information content (AvgIpc) is 2.98. The Morgan fingerprint density at radius 1 is 0.971 bits per heavy atom. The summed E-state index contributed by atoms with van der Waals surface area (Å²) >= 11 is 0. The molecule has 0 saturated carbocycles. The first kappa shape index (κ1) is 25.1. The lowest BCUT2D eigenvalue weighted by Gasteiger charge is -2.26. The van der Waals surface area contributed by atoms with Crippen LogP contribution in [-0.4, -0.2) is 29.3 Å². The van der Waals surface area contributed by atoms with Gasteiger partial charge in [-0.15, -0.1) is 0 Å². The molecule has 1 heterocycles. The summed E-state index contributed by atoms with van der Waals surface area (Å²) in [6.45, 7) is 2.56. The second kappa shape index (κ2) is 8.65. The van der Waals surface area contributed by atoms with Gasteiger partial charge in [0.15, 0.2) is 0 Å². The first-order valence-electron chi connectivity index (χ1n) is 9.98. The van der Waals surface area contributed by atoms with Crippen LogP contribution in [0.2, 0.25) is 0 Å². The van der Waals surface area contributed by atoms with E-state index in [-0.39, 0.29) is 12.5 Å². The van der Waals surface area contributed by atoms with Gasteiger partial charge in [-0.25, -0.2) is 4.79 Å². The summed E-state index contributed by atoms with van der Waals surface area (Å²) in [7, 11) is 0. The zero-order chi connectivity index (χ0) is 25.5. The molecule has 1 unspecified atom stereocenters. The maximum Gasteiger partial charge on any atom is 0.416 e. The van der Waals surface area contributed by atoms with Crippen molar-refractivity contribution >= 4 is 23.5 Å². The average molecular weight is 487 g/mol. The topological polar surface area (TPSA) is 78.5 Å². The number of hydrogen-bond donors (Lipinski definition) is 2. The van der Waals surface area contributed by atoms with E-state index in [1.54, 1.807) is 31.2 Å². The lowest BCUT2D eigenvalue weighted by atomic mass is 9.87. The van der Waals surface area contributed by atoms with Crippen molar-refractivity contribution in [2.24, 2.45) is 0 Å². The summed E-state index contributed by atoms with van der Waals surface area (Å²) < 4.78 is 78.2. The van der Waals surface area contributed by atoms with E-state index in [0.29, 0.717) is 22.6 Å². The van der Waals surface area contributed by atoms with Gasteiger partial charge in [-0.05, 0) is 37.1 Å². The number of urea groups is 1. The summed E-state index contributed by atoms with van der Waals surface area (Å²) in [4.78, 5) is 38.5. The fourth-order valence-corrected chi connectivity index (χ4v) is 3.62.